The number of ketones is 2. The van der Waals surface area contributed by atoms with Crippen molar-refractivity contribution in [3.05, 3.63) is 61.6 Å². The van der Waals surface area contributed by atoms with Crippen molar-refractivity contribution in [3.63, 3.8) is 0 Å². The van der Waals surface area contributed by atoms with Crippen LogP contribution in [0, 0.1) is 0 Å². The molecular formula is C10H3ClN6O4S. The second-order valence-electron chi connectivity index (χ2n) is 3.85. The van der Waals surface area contributed by atoms with E-state index in [1.165, 1.54) is 12.1 Å². The molecule has 0 aliphatic heterocycles. The van der Waals surface area contributed by atoms with Crippen LogP contribution in [0.5, 0.6) is 0 Å². The van der Waals surface area contributed by atoms with Crippen molar-refractivity contribution in [2.45, 2.75) is 4.90 Å². The highest BCUT2D eigenvalue weighted by atomic mass is 35.7. The van der Waals surface area contributed by atoms with E-state index in [1.54, 1.807) is 0 Å². The Bertz CT molecular complexity index is 954. The number of hydrogen-bond donors (Lipinski definition) is 0. The van der Waals surface area contributed by atoms with Gasteiger partial charge in [0.05, 0.1) is 21.9 Å². The molecule has 0 saturated carbocycles. The Kier molecular flexibility index (Phi) is 3.89. The van der Waals surface area contributed by atoms with Crippen molar-refractivity contribution < 1.29 is 18.0 Å². The van der Waals surface area contributed by atoms with Gasteiger partial charge in [-0.15, -0.1) is 0 Å². The molecule has 22 heavy (non-hydrogen) atoms. The Hall–Kier alpha value is -2.84. The highest BCUT2D eigenvalue weighted by Crippen LogP contribution is 2.33. The van der Waals surface area contributed by atoms with Gasteiger partial charge >= 0.3 is 0 Å². The maximum absolute atomic E-state index is 12.3. The Labute approximate surface area is 126 Å². The minimum Gasteiger partial charge on any atom is -0.289 e. The SMILES string of the molecule is [N-]=[N+]=NC1=C(N=[N+]=[N-])C(=O)c2c(cccc2S(=O)(=O)Cl)C1=O. The third-order valence-electron chi connectivity index (χ3n) is 2.70. The Balaban J connectivity index is 2.93. The van der Waals surface area contributed by atoms with Gasteiger partial charge < -0.3 is 0 Å². The van der Waals surface area contributed by atoms with E-state index in [2.05, 4.69) is 20.1 Å². The maximum Gasteiger partial charge on any atom is 0.262 e. The van der Waals surface area contributed by atoms with Gasteiger partial charge in [0.1, 0.15) is 0 Å². The van der Waals surface area contributed by atoms with Gasteiger partial charge in [0, 0.05) is 26.1 Å². The zero-order chi connectivity index (χ0) is 16.5. The summed E-state index contributed by atoms with van der Waals surface area (Å²) in [7, 11) is 0.908. The topological polar surface area (TPSA) is 166 Å². The van der Waals surface area contributed by atoms with Gasteiger partial charge in [0.15, 0.2) is 11.6 Å². The molecule has 12 heteroatoms. The van der Waals surface area contributed by atoms with Crippen LogP contribution in [0.3, 0.4) is 0 Å². The van der Waals surface area contributed by atoms with Crippen LogP contribution in [0.1, 0.15) is 20.7 Å². The number of hydrogen-bond acceptors (Lipinski definition) is 6. The zero-order valence-corrected chi connectivity index (χ0v) is 11.9. The lowest BCUT2D eigenvalue weighted by atomic mass is 9.90. The van der Waals surface area contributed by atoms with Crippen molar-refractivity contribution >= 4 is 31.3 Å². The largest absolute Gasteiger partial charge is 0.289 e. The summed E-state index contributed by atoms with van der Waals surface area (Å²) in [6.45, 7) is 0. The molecule has 1 aromatic carbocycles. The Morgan fingerprint density at radius 2 is 1.55 bits per heavy atom. The second kappa shape index (κ2) is 5.51. The molecule has 10 nitrogen and oxygen atoms in total. The lowest BCUT2D eigenvalue weighted by Gasteiger charge is -2.17. The summed E-state index contributed by atoms with van der Waals surface area (Å²) in [5.41, 5.74) is 14.6. The lowest BCUT2D eigenvalue weighted by molar-refractivity contribution is 0.0970. The summed E-state index contributed by atoms with van der Waals surface area (Å²) < 4.78 is 23.1. The highest BCUT2D eigenvalue weighted by molar-refractivity contribution is 8.13. The van der Waals surface area contributed by atoms with Crippen molar-refractivity contribution in [3.8, 4) is 0 Å². The number of carbonyl (C=O) groups is 2. The van der Waals surface area contributed by atoms with E-state index in [0.717, 1.165) is 6.07 Å². The smallest absolute Gasteiger partial charge is 0.262 e. The standard InChI is InChI=1S/C10H3ClN6O4S/c11-22(20,21)5-3-1-2-4-6(5)10(19)8(15-17-13)7(9(4)18)14-16-12/h1-3H. The van der Waals surface area contributed by atoms with E-state index in [9.17, 15) is 18.0 Å². The first kappa shape index (κ1) is 15.5. The quantitative estimate of drug-likeness (QED) is 0.357. The van der Waals surface area contributed by atoms with Gasteiger partial charge in [0.25, 0.3) is 9.05 Å². The van der Waals surface area contributed by atoms with Gasteiger partial charge in [-0.25, -0.2) is 8.42 Å². The molecule has 0 unspecified atom stereocenters. The molecule has 110 valence electrons. The summed E-state index contributed by atoms with van der Waals surface area (Å²) in [5, 5.41) is 6.07. The van der Waals surface area contributed by atoms with E-state index >= 15 is 0 Å². The molecule has 2 rings (SSSR count). The minimum absolute atomic E-state index is 0.314. The molecule has 0 spiro atoms. The average Bonchev–Trinajstić information content (AvgIpc) is 2.46. The van der Waals surface area contributed by atoms with Crippen molar-refractivity contribution in [1.82, 2.24) is 0 Å². The number of allylic oxidation sites excluding steroid dienone is 2. The van der Waals surface area contributed by atoms with Crippen LogP contribution in [0.4, 0.5) is 0 Å². The van der Waals surface area contributed by atoms with E-state index < -0.39 is 42.5 Å². The number of carbonyl (C=O) groups excluding carboxylic acids is 2. The van der Waals surface area contributed by atoms with E-state index in [0.29, 0.717) is 0 Å². The third kappa shape index (κ3) is 2.41. The van der Waals surface area contributed by atoms with Crippen LogP contribution in [0.2, 0.25) is 0 Å². The van der Waals surface area contributed by atoms with Crippen molar-refractivity contribution in [2.24, 2.45) is 10.2 Å². The van der Waals surface area contributed by atoms with Gasteiger partial charge in [-0.2, -0.15) is 0 Å². The number of Topliss-reactive ketones (excluding diaryl/α,β-unsaturated/α-hetero) is 2. The molecule has 0 aromatic heterocycles. The first-order valence-corrected chi connectivity index (χ1v) is 7.65. The zero-order valence-electron chi connectivity index (χ0n) is 10.3. The van der Waals surface area contributed by atoms with Crippen molar-refractivity contribution in [2.75, 3.05) is 0 Å². The predicted octanol–water partition coefficient (Wildman–Crippen LogP) is 2.83. The summed E-state index contributed by atoms with van der Waals surface area (Å²) in [6, 6.07) is 3.39. The summed E-state index contributed by atoms with van der Waals surface area (Å²) in [6.07, 6.45) is 0. The molecule has 0 bridgehead atoms. The van der Waals surface area contributed by atoms with Crippen LogP contribution in [-0.2, 0) is 9.05 Å². The Morgan fingerprint density at radius 1 is 1.00 bits per heavy atom. The molecule has 0 fully saturated rings. The average molecular weight is 339 g/mol. The number of benzene rings is 1. The minimum atomic E-state index is -4.33. The third-order valence-corrected chi connectivity index (χ3v) is 4.07. The van der Waals surface area contributed by atoms with E-state index in [4.69, 9.17) is 21.7 Å². The van der Waals surface area contributed by atoms with Gasteiger partial charge in [-0.1, -0.05) is 22.4 Å². The normalized spacial score (nSPS) is 14.0. The van der Waals surface area contributed by atoms with Crippen molar-refractivity contribution in [1.29, 1.82) is 0 Å². The maximum atomic E-state index is 12.3. The van der Waals surface area contributed by atoms with E-state index in [1.807, 2.05) is 0 Å². The molecule has 1 aliphatic carbocycles. The van der Waals surface area contributed by atoms with Gasteiger partial charge in [-0.3, -0.25) is 9.59 Å². The molecule has 0 N–H and O–H groups in total. The molecule has 1 aliphatic rings. The Morgan fingerprint density at radius 3 is 2.05 bits per heavy atom. The number of rotatable bonds is 3. The number of fused-ring (bicyclic) bond motifs is 1. The molecule has 1 aromatic rings. The number of azide groups is 2. The predicted molar refractivity (Wildman–Crippen MR) is 73.5 cm³/mol. The van der Waals surface area contributed by atoms with Crippen LogP contribution in [-0.4, -0.2) is 20.0 Å². The summed E-state index contributed by atoms with van der Waals surface area (Å²) in [4.78, 5) is 28.7. The summed E-state index contributed by atoms with van der Waals surface area (Å²) >= 11 is 0. The highest BCUT2D eigenvalue weighted by Gasteiger charge is 2.35. The first-order valence-electron chi connectivity index (χ1n) is 5.34. The molecule has 0 heterocycles. The number of halogens is 1. The summed E-state index contributed by atoms with van der Waals surface area (Å²) in [5.74, 6) is -2.02. The molecule has 0 saturated heterocycles. The monoisotopic (exact) mass is 338 g/mol. The molecule has 0 amide bonds. The van der Waals surface area contributed by atoms with Crippen LogP contribution >= 0.6 is 10.7 Å². The van der Waals surface area contributed by atoms with Gasteiger partial charge in [0.2, 0.25) is 0 Å². The van der Waals surface area contributed by atoms with Crippen LogP contribution in [0.15, 0.2) is 44.7 Å². The van der Waals surface area contributed by atoms with E-state index in [-0.39, 0.29) is 5.56 Å². The first-order chi connectivity index (χ1) is 10.3. The fraction of sp³-hybridized carbons (Fsp3) is 0. The molecule has 0 atom stereocenters. The molecule has 0 radical (unpaired) electrons. The van der Waals surface area contributed by atoms with Gasteiger partial charge in [-0.05, 0) is 17.1 Å². The molecular weight excluding hydrogens is 336 g/mol. The van der Waals surface area contributed by atoms with Crippen LogP contribution < -0.4 is 0 Å². The lowest BCUT2D eigenvalue weighted by Crippen LogP contribution is -2.22. The van der Waals surface area contributed by atoms with Crippen LogP contribution in [0.25, 0.3) is 20.9 Å². The second-order valence-corrected chi connectivity index (χ2v) is 6.39. The number of nitrogens with zero attached hydrogens (tertiary/aromatic N) is 6. The fourth-order valence-corrected chi connectivity index (χ4v) is 2.97. The fourth-order valence-electron chi connectivity index (χ4n) is 1.89.